The molecular weight excluding hydrogens is 246 g/mol. The summed E-state index contributed by atoms with van der Waals surface area (Å²) in [7, 11) is 0. The quantitative estimate of drug-likeness (QED) is 0.852. The van der Waals surface area contributed by atoms with Crippen LogP contribution in [0.15, 0.2) is 18.2 Å². The first-order valence-electron chi connectivity index (χ1n) is 6.72. The molecule has 0 amide bonds. The van der Waals surface area contributed by atoms with Crippen LogP contribution in [0.4, 0.5) is 5.69 Å². The van der Waals surface area contributed by atoms with E-state index in [-0.39, 0.29) is 0 Å². The van der Waals surface area contributed by atoms with Crippen molar-refractivity contribution in [2.75, 3.05) is 11.9 Å². The van der Waals surface area contributed by atoms with E-state index < -0.39 is 0 Å². The Bertz CT molecular complexity index is 417. The summed E-state index contributed by atoms with van der Waals surface area (Å²) < 4.78 is 5.65. The summed E-state index contributed by atoms with van der Waals surface area (Å²) in [5.74, 6) is 0.893. The fourth-order valence-electron chi connectivity index (χ4n) is 2.68. The Kier molecular flexibility index (Phi) is 4.06. The van der Waals surface area contributed by atoms with Gasteiger partial charge in [-0.25, -0.2) is 0 Å². The Labute approximate surface area is 115 Å². The molecular formula is C15H22ClNO. The first-order valence-corrected chi connectivity index (χ1v) is 7.09. The molecule has 0 radical (unpaired) electrons. The van der Waals surface area contributed by atoms with Crippen LogP contribution in [0.1, 0.15) is 40.0 Å². The molecule has 1 aromatic carbocycles. The summed E-state index contributed by atoms with van der Waals surface area (Å²) in [5, 5.41) is 4.36. The van der Waals surface area contributed by atoms with Gasteiger partial charge in [-0.15, -0.1) is 0 Å². The molecule has 2 rings (SSSR count). The van der Waals surface area contributed by atoms with Crippen molar-refractivity contribution in [3.63, 3.8) is 0 Å². The van der Waals surface area contributed by atoms with E-state index in [0.29, 0.717) is 18.1 Å². The molecule has 1 unspecified atom stereocenters. The van der Waals surface area contributed by atoms with E-state index in [1.54, 1.807) is 0 Å². The van der Waals surface area contributed by atoms with E-state index in [0.717, 1.165) is 16.5 Å². The predicted octanol–water partition coefficient (Wildman–Crippen LogP) is 4.73. The van der Waals surface area contributed by atoms with Gasteiger partial charge in [0.25, 0.3) is 0 Å². The number of hydrogen-bond donors (Lipinski definition) is 1. The van der Waals surface area contributed by atoms with Gasteiger partial charge in [0.15, 0.2) is 0 Å². The Morgan fingerprint density at radius 2 is 2.22 bits per heavy atom. The largest absolute Gasteiger partial charge is 0.492 e. The predicted molar refractivity (Wildman–Crippen MR) is 77.7 cm³/mol. The Morgan fingerprint density at radius 3 is 2.83 bits per heavy atom. The van der Waals surface area contributed by atoms with Crippen molar-refractivity contribution in [3.8, 4) is 5.75 Å². The Balaban J connectivity index is 2.19. The highest BCUT2D eigenvalue weighted by Gasteiger charge is 2.34. The third-order valence-electron chi connectivity index (χ3n) is 3.83. The highest BCUT2D eigenvalue weighted by molar-refractivity contribution is 6.30. The van der Waals surface area contributed by atoms with Crippen LogP contribution in [0, 0.1) is 5.41 Å². The number of rotatable bonds is 4. The van der Waals surface area contributed by atoms with Crippen LogP contribution in [0.5, 0.6) is 5.75 Å². The first-order chi connectivity index (χ1) is 8.53. The maximum Gasteiger partial charge on any atom is 0.142 e. The lowest BCUT2D eigenvalue weighted by Crippen LogP contribution is -2.30. The number of benzene rings is 1. The zero-order valence-corrected chi connectivity index (χ0v) is 12.2. The third kappa shape index (κ3) is 2.92. The maximum absolute atomic E-state index is 6.08. The molecule has 0 heterocycles. The topological polar surface area (TPSA) is 21.3 Å². The average molecular weight is 268 g/mol. The van der Waals surface area contributed by atoms with Crippen LogP contribution in [0.2, 0.25) is 5.02 Å². The standard InChI is InChI=1S/C15H22ClNO/c1-4-18-13-8-7-11(16)10-12(13)17-14-6-5-9-15(14,2)3/h7-8,10,14,17H,4-6,9H2,1-3H3. The monoisotopic (exact) mass is 267 g/mol. The molecule has 0 spiro atoms. The molecule has 1 atom stereocenters. The van der Waals surface area contributed by atoms with E-state index in [2.05, 4.69) is 19.2 Å². The Morgan fingerprint density at radius 1 is 1.44 bits per heavy atom. The minimum Gasteiger partial charge on any atom is -0.492 e. The zero-order valence-electron chi connectivity index (χ0n) is 11.4. The van der Waals surface area contributed by atoms with Crippen LogP contribution in [-0.2, 0) is 0 Å². The second kappa shape index (κ2) is 5.40. The van der Waals surface area contributed by atoms with Gasteiger partial charge in [-0.1, -0.05) is 31.9 Å². The molecule has 1 fully saturated rings. The number of nitrogens with one attached hydrogen (secondary N) is 1. The molecule has 0 bridgehead atoms. The van der Waals surface area contributed by atoms with Crippen molar-refractivity contribution in [1.29, 1.82) is 0 Å². The molecule has 18 heavy (non-hydrogen) atoms. The highest BCUT2D eigenvalue weighted by Crippen LogP contribution is 2.40. The van der Waals surface area contributed by atoms with Crippen molar-refractivity contribution in [3.05, 3.63) is 23.2 Å². The molecule has 1 aliphatic rings. The fraction of sp³-hybridized carbons (Fsp3) is 0.600. The van der Waals surface area contributed by atoms with Gasteiger partial charge in [-0.3, -0.25) is 0 Å². The summed E-state index contributed by atoms with van der Waals surface area (Å²) in [6.07, 6.45) is 3.77. The van der Waals surface area contributed by atoms with Gasteiger partial charge in [-0.05, 0) is 43.4 Å². The van der Waals surface area contributed by atoms with Crippen LogP contribution < -0.4 is 10.1 Å². The van der Waals surface area contributed by atoms with Gasteiger partial charge in [0.05, 0.1) is 12.3 Å². The molecule has 1 saturated carbocycles. The normalized spacial score (nSPS) is 21.9. The fourth-order valence-corrected chi connectivity index (χ4v) is 2.85. The molecule has 0 aromatic heterocycles. The van der Waals surface area contributed by atoms with E-state index >= 15 is 0 Å². The van der Waals surface area contributed by atoms with Gasteiger partial charge in [0.2, 0.25) is 0 Å². The lowest BCUT2D eigenvalue weighted by Gasteiger charge is -2.29. The molecule has 3 heteroatoms. The number of halogens is 1. The number of anilines is 1. The second-order valence-corrected chi connectivity index (χ2v) is 6.09. The zero-order chi connectivity index (χ0) is 13.2. The summed E-state index contributed by atoms with van der Waals surface area (Å²) in [4.78, 5) is 0. The average Bonchev–Trinajstić information content (AvgIpc) is 2.62. The van der Waals surface area contributed by atoms with E-state index in [1.807, 2.05) is 25.1 Å². The van der Waals surface area contributed by atoms with E-state index in [4.69, 9.17) is 16.3 Å². The molecule has 2 nitrogen and oxygen atoms in total. The Hall–Kier alpha value is -0.890. The van der Waals surface area contributed by atoms with E-state index in [9.17, 15) is 0 Å². The van der Waals surface area contributed by atoms with Crippen LogP contribution in [0.25, 0.3) is 0 Å². The molecule has 0 aliphatic heterocycles. The smallest absolute Gasteiger partial charge is 0.142 e. The van der Waals surface area contributed by atoms with Gasteiger partial charge in [0, 0.05) is 11.1 Å². The molecule has 1 aliphatic carbocycles. The molecule has 0 saturated heterocycles. The van der Waals surface area contributed by atoms with Crippen LogP contribution in [0.3, 0.4) is 0 Å². The summed E-state index contributed by atoms with van der Waals surface area (Å²) >= 11 is 6.08. The van der Waals surface area contributed by atoms with Crippen molar-refractivity contribution >= 4 is 17.3 Å². The van der Waals surface area contributed by atoms with Crippen molar-refractivity contribution in [2.24, 2.45) is 5.41 Å². The lowest BCUT2D eigenvalue weighted by molar-refractivity contribution is 0.334. The maximum atomic E-state index is 6.08. The minimum absolute atomic E-state index is 0.339. The van der Waals surface area contributed by atoms with Crippen LogP contribution >= 0.6 is 11.6 Å². The number of hydrogen-bond acceptors (Lipinski definition) is 2. The molecule has 100 valence electrons. The lowest BCUT2D eigenvalue weighted by atomic mass is 9.87. The second-order valence-electron chi connectivity index (χ2n) is 5.65. The molecule has 1 N–H and O–H groups in total. The summed E-state index contributed by atoms with van der Waals surface area (Å²) in [5.41, 5.74) is 1.36. The SMILES string of the molecule is CCOc1ccc(Cl)cc1NC1CCCC1(C)C. The number of ether oxygens (including phenoxy) is 1. The van der Waals surface area contributed by atoms with Gasteiger partial charge < -0.3 is 10.1 Å². The van der Waals surface area contributed by atoms with Crippen molar-refractivity contribution in [2.45, 2.75) is 46.1 Å². The van der Waals surface area contributed by atoms with Gasteiger partial charge >= 0.3 is 0 Å². The summed E-state index contributed by atoms with van der Waals surface area (Å²) in [6, 6.07) is 6.27. The van der Waals surface area contributed by atoms with Crippen molar-refractivity contribution in [1.82, 2.24) is 0 Å². The van der Waals surface area contributed by atoms with E-state index in [1.165, 1.54) is 19.3 Å². The van der Waals surface area contributed by atoms with Crippen molar-refractivity contribution < 1.29 is 4.74 Å². The van der Waals surface area contributed by atoms with Gasteiger partial charge in [0.1, 0.15) is 5.75 Å². The summed E-state index contributed by atoms with van der Waals surface area (Å²) in [6.45, 7) is 7.31. The third-order valence-corrected chi connectivity index (χ3v) is 4.06. The van der Waals surface area contributed by atoms with Crippen LogP contribution in [-0.4, -0.2) is 12.6 Å². The minimum atomic E-state index is 0.339. The first kappa shape index (κ1) is 13.5. The molecule has 1 aromatic rings. The highest BCUT2D eigenvalue weighted by atomic mass is 35.5. The van der Waals surface area contributed by atoms with Gasteiger partial charge in [-0.2, -0.15) is 0 Å².